The zero-order valence-electron chi connectivity index (χ0n) is 12.8. The molecule has 3 aromatic rings. The number of hydrogen-bond acceptors (Lipinski definition) is 5. The van der Waals surface area contributed by atoms with Gasteiger partial charge >= 0.3 is 0 Å². The summed E-state index contributed by atoms with van der Waals surface area (Å²) in [4.78, 5) is 4.02. The molecule has 3 rings (SSSR count). The number of sulfonamides is 1. The summed E-state index contributed by atoms with van der Waals surface area (Å²) in [6.07, 6.45) is 6.56. The van der Waals surface area contributed by atoms with Crippen LogP contribution in [0.15, 0.2) is 46.4 Å². The van der Waals surface area contributed by atoms with E-state index in [-0.39, 0.29) is 11.6 Å². The van der Waals surface area contributed by atoms with Crippen molar-refractivity contribution in [2.24, 2.45) is 7.05 Å². The van der Waals surface area contributed by atoms with Crippen LogP contribution in [0.5, 0.6) is 0 Å². The average molecular weight is 335 g/mol. The smallest absolute Gasteiger partial charge is 0.259 e. The van der Waals surface area contributed by atoms with Crippen molar-refractivity contribution in [3.8, 4) is 11.3 Å². The van der Waals surface area contributed by atoms with E-state index >= 15 is 0 Å². The molecule has 9 heteroatoms. The summed E-state index contributed by atoms with van der Waals surface area (Å²) in [5.74, 6) is 1.36. The van der Waals surface area contributed by atoms with Gasteiger partial charge < -0.3 is 8.98 Å². The van der Waals surface area contributed by atoms with E-state index in [2.05, 4.69) is 14.8 Å². The molecule has 0 fully saturated rings. The quantitative estimate of drug-likeness (QED) is 0.729. The van der Waals surface area contributed by atoms with E-state index in [1.807, 2.05) is 6.07 Å². The molecule has 0 amide bonds. The van der Waals surface area contributed by atoms with Gasteiger partial charge in [-0.15, -0.1) is 0 Å². The fourth-order valence-corrected chi connectivity index (χ4v) is 3.14. The Bertz CT molecular complexity index is 873. The maximum absolute atomic E-state index is 12.1. The van der Waals surface area contributed by atoms with E-state index in [1.165, 1.54) is 6.20 Å². The van der Waals surface area contributed by atoms with E-state index < -0.39 is 10.0 Å². The lowest BCUT2D eigenvalue weighted by atomic mass is 10.3. The number of imidazole rings is 1. The van der Waals surface area contributed by atoms with Crippen LogP contribution in [0.25, 0.3) is 11.3 Å². The number of rotatable bonds is 6. The molecule has 23 heavy (non-hydrogen) atoms. The van der Waals surface area contributed by atoms with Crippen molar-refractivity contribution in [1.82, 2.24) is 24.1 Å². The molecule has 0 bridgehead atoms. The average Bonchev–Trinajstić information content (AvgIpc) is 3.21. The second-order valence-corrected chi connectivity index (χ2v) is 6.82. The third-order valence-corrected chi connectivity index (χ3v) is 4.77. The summed E-state index contributed by atoms with van der Waals surface area (Å²) in [5, 5.41) is 4.21. The van der Waals surface area contributed by atoms with Crippen LogP contribution in [0.4, 0.5) is 0 Å². The van der Waals surface area contributed by atoms with Crippen molar-refractivity contribution < 1.29 is 12.8 Å². The number of nitrogens with one attached hydrogen (secondary N) is 1. The molecule has 1 N–H and O–H groups in total. The molecule has 0 aliphatic heterocycles. The summed E-state index contributed by atoms with van der Waals surface area (Å²) in [6, 6.07) is 3.64. The lowest BCUT2D eigenvalue weighted by Gasteiger charge is -2.04. The number of hydrogen-bond donors (Lipinski definition) is 1. The van der Waals surface area contributed by atoms with Crippen molar-refractivity contribution in [1.29, 1.82) is 0 Å². The maximum Gasteiger partial charge on any atom is 0.259 e. The van der Waals surface area contributed by atoms with E-state index in [0.717, 1.165) is 11.3 Å². The van der Waals surface area contributed by atoms with Crippen LogP contribution in [0.2, 0.25) is 0 Å². The first-order chi connectivity index (χ1) is 11.0. The van der Waals surface area contributed by atoms with E-state index in [4.69, 9.17) is 4.42 Å². The van der Waals surface area contributed by atoms with Crippen LogP contribution in [0.1, 0.15) is 5.82 Å². The predicted molar refractivity (Wildman–Crippen MR) is 83.1 cm³/mol. The summed E-state index contributed by atoms with van der Waals surface area (Å²) in [6.45, 7) is 2.38. The Morgan fingerprint density at radius 2 is 2.17 bits per heavy atom. The Morgan fingerprint density at radius 3 is 2.83 bits per heavy atom. The summed E-state index contributed by atoms with van der Waals surface area (Å²) in [7, 11) is -1.86. The van der Waals surface area contributed by atoms with Gasteiger partial charge in [-0.3, -0.25) is 4.68 Å². The van der Waals surface area contributed by atoms with Gasteiger partial charge in [0, 0.05) is 26.0 Å². The zero-order chi connectivity index (χ0) is 16.4. The topological polar surface area (TPSA) is 94.9 Å². The first kappa shape index (κ1) is 15.5. The molecule has 0 spiro atoms. The second-order valence-electron chi connectivity index (χ2n) is 5.10. The highest BCUT2D eigenvalue weighted by Gasteiger charge is 2.17. The van der Waals surface area contributed by atoms with Gasteiger partial charge in [0.05, 0.1) is 24.6 Å². The summed E-state index contributed by atoms with van der Waals surface area (Å²) < 4.78 is 35.4. The van der Waals surface area contributed by atoms with Crippen molar-refractivity contribution in [2.45, 2.75) is 18.5 Å². The monoisotopic (exact) mass is 335 g/mol. The zero-order valence-corrected chi connectivity index (χ0v) is 13.6. The minimum Gasteiger partial charge on any atom is -0.464 e. The van der Waals surface area contributed by atoms with Gasteiger partial charge in [0.2, 0.25) is 0 Å². The van der Waals surface area contributed by atoms with Crippen molar-refractivity contribution >= 4 is 10.0 Å². The standard InChI is InChI=1S/C14H17N5O3S/c1-11-17-14(10-18(11)2)23(20,21)16-5-6-19-9-12(8-15-19)13-4-3-7-22-13/h3-4,7-10,16H,5-6H2,1-2H3. The fraction of sp³-hybridized carbons (Fsp3) is 0.286. The molecule has 3 heterocycles. The predicted octanol–water partition coefficient (Wildman–Crippen LogP) is 1.16. The van der Waals surface area contributed by atoms with Crippen LogP contribution in [-0.2, 0) is 23.6 Å². The highest BCUT2D eigenvalue weighted by molar-refractivity contribution is 7.89. The minimum absolute atomic E-state index is 0.0224. The molecule has 0 unspecified atom stereocenters. The molecule has 0 saturated heterocycles. The Morgan fingerprint density at radius 1 is 1.35 bits per heavy atom. The number of furan rings is 1. The Kier molecular flexibility index (Phi) is 4.05. The van der Waals surface area contributed by atoms with E-state index in [9.17, 15) is 8.42 Å². The van der Waals surface area contributed by atoms with Crippen LogP contribution in [-0.4, -0.2) is 34.3 Å². The van der Waals surface area contributed by atoms with E-state index in [0.29, 0.717) is 12.4 Å². The van der Waals surface area contributed by atoms with Gasteiger partial charge in [-0.05, 0) is 19.1 Å². The first-order valence-electron chi connectivity index (χ1n) is 7.02. The lowest BCUT2D eigenvalue weighted by molar-refractivity contribution is 0.558. The Hall–Kier alpha value is -2.39. The molecule has 0 radical (unpaired) electrons. The molecule has 0 aliphatic carbocycles. The third kappa shape index (κ3) is 3.35. The summed E-state index contributed by atoms with van der Waals surface area (Å²) >= 11 is 0. The molecule has 0 aliphatic rings. The molecular formula is C14H17N5O3S. The SMILES string of the molecule is Cc1nc(S(=O)(=O)NCCn2cc(-c3ccco3)cn2)cn1C. The Labute approximate surface area is 133 Å². The number of nitrogens with zero attached hydrogens (tertiary/aromatic N) is 4. The van der Waals surface area contributed by atoms with Gasteiger partial charge in [0.15, 0.2) is 5.03 Å². The van der Waals surface area contributed by atoms with Crippen LogP contribution < -0.4 is 4.72 Å². The number of aryl methyl sites for hydroxylation is 2. The molecule has 0 aromatic carbocycles. The van der Waals surface area contributed by atoms with Gasteiger partial charge in [-0.25, -0.2) is 18.1 Å². The third-order valence-electron chi connectivity index (χ3n) is 3.43. The minimum atomic E-state index is -3.61. The van der Waals surface area contributed by atoms with Crippen molar-refractivity contribution in [2.75, 3.05) is 6.54 Å². The molecule has 8 nitrogen and oxygen atoms in total. The van der Waals surface area contributed by atoms with Crippen LogP contribution in [0, 0.1) is 6.92 Å². The molecule has 0 atom stereocenters. The molecule has 0 saturated carbocycles. The second kappa shape index (κ2) is 6.01. The molecule has 122 valence electrons. The number of aromatic nitrogens is 4. The first-order valence-corrected chi connectivity index (χ1v) is 8.50. The Balaban J connectivity index is 1.61. The van der Waals surface area contributed by atoms with Gasteiger partial charge in [-0.1, -0.05) is 0 Å². The van der Waals surface area contributed by atoms with Crippen molar-refractivity contribution in [3.63, 3.8) is 0 Å². The maximum atomic E-state index is 12.1. The van der Waals surface area contributed by atoms with Gasteiger partial charge in [0.1, 0.15) is 11.6 Å². The summed E-state index contributed by atoms with van der Waals surface area (Å²) in [5.41, 5.74) is 0.846. The van der Waals surface area contributed by atoms with Gasteiger partial charge in [-0.2, -0.15) is 5.10 Å². The normalized spacial score (nSPS) is 11.9. The van der Waals surface area contributed by atoms with Crippen LogP contribution >= 0.6 is 0 Å². The van der Waals surface area contributed by atoms with Gasteiger partial charge in [0.25, 0.3) is 10.0 Å². The van der Waals surface area contributed by atoms with E-state index in [1.54, 1.807) is 47.9 Å². The highest BCUT2D eigenvalue weighted by atomic mass is 32.2. The fourth-order valence-electron chi connectivity index (χ4n) is 2.08. The van der Waals surface area contributed by atoms with Crippen LogP contribution in [0.3, 0.4) is 0 Å². The lowest BCUT2D eigenvalue weighted by Crippen LogP contribution is -2.27. The largest absolute Gasteiger partial charge is 0.464 e. The highest BCUT2D eigenvalue weighted by Crippen LogP contribution is 2.18. The molecule has 3 aromatic heterocycles. The van der Waals surface area contributed by atoms with Crippen molar-refractivity contribution in [3.05, 3.63) is 42.8 Å². The molecular weight excluding hydrogens is 318 g/mol.